The van der Waals surface area contributed by atoms with E-state index in [4.69, 9.17) is 4.74 Å². The fourth-order valence-corrected chi connectivity index (χ4v) is 4.95. The van der Waals surface area contributed by atoms with Gasteiger partial charge in [-0.15, -0.1) is 0 Å². The van der Waals surface area contributed by atoms with Gasteiger partial charge in [-0.25, -0.2) is 0 Å². The van der Waals surface area contributed by atoms with E-state index in [2.05, 4.69) is 6.92 Å². The van der Waals surface area contributed by atoms with E-state index in [-0.39, 0.29) is 11.9 Å². The molecule has 2 saturated carbocycles. The lowest BCUT2D eigenvalue weighted by Gasteiger charge is -2.41. The van der Waals surface area contributed by atoms with Crippen molar-refractivity contribution in [1.82, 2.24) is 0 Å². The van der Waals surface area contributed by atoms with Gasteiger partial charge in [0.1, 0.15) is 5.75 Å². The van der Waals surface area contributed by atoms with E-state index >= 15 is 0 Å². The third-order valence-electron chi connectivity index (χ3n) is 6.51. The number of aryl methyl sites for hydroxylation is 1. The standard InChI is InChI=1S/C23H34O2/c1-3-4-5-6-18-9-10-20-16-21(12-11-19(20)15-18)23(24)25-22-13-7-17(2)8-14-22/h7-8,13-14,18-21H,3-6,9-12,15-16H2,1-2H3. The maximum atomic E-state index is 12.5. The Morgan fingerprint density at radius 2 is 1.72 bits per heavy atom. The Balaban J connectivity index is 1.47. The van der Waals surface area contributed by atoms with Crippen molar-refractivity contribution in [2.45, 2.75) is 78.1 Å². The average Bonchev–Trinajstić information content (AvgIpc) is 2.63. The van der Waals surface area contributed by atoms with Crippen LogP contribution in [0.15, 0.2) is 24.3 Å². The zero-order valence-electron chi connectivity index (χ0n) is 16.0. The number of esters is 1. The summed E-state index contributed by atoms with van der Waals surface area (Å²) in [5, 5.41) is 0. The Morgan fingerprint density at radius 3 is 2.48 bits per heavy atom. The summed E-state index contributed by atoms with van der Waals surface area (Å²) in [4.78, 5) is 12.5. The number of hydrogen-bond acceptors (Lipinski definition) is 2. The Labute approximate surface area is 153 Å². The molecular formula is C23H34O2. The largest absolute Gasteiger partial charge is 0.426 e. The van der Waals surface area contributed by atoms with Crippen LogP contribution >= 0.6 is 0 Å². The predicted octanol–water partition coefficient (Wildman–Crippen LogP) is 6.31. The van der Waals surface area contributed by atoms with Gasteiger partial charge < -0.3 is 4.74 Å². The second-order valence-electron chi connectivity index (χ2n) is 8.44. The van der Waals surface area contributed by atoms with Crippen LogP contribution in [0.1, 0.15) is 76.7 Å². The highest BCUT2D eigenvalue weighted by Gasteiger charge is 2.38. The van der Waals surface area contributed by atoms with Gasteiger partial charge in [-0.05, 0) is 68.9 Å². The fraction of sp³-hybridized carbons (Fsp3) is 0.696. The number of fused-ring (bicyclic) bond motifs is 1. The van der Waals surface area contributed by atoms with Gasteiger partial charge in [0, 0.05) is 0 Å². The van der Waals surface area contributed by atoms with Crippen LogP contribution < -0.4 is 4.74 Å². The predicted molar refractivity (Wildman–Crippen MR) is 103 cm³/mol. The molecule has 2 aliphatic rings. The van der Waals surface area contributed by atoms with Crippen molar-refractivity contribution in [3.63, 3.8) is 0 Å². The number of rotatable bonds is 6. The molecule has 0 heterocycles. The first kappa shape index (κ1) is 18.5. The highest BCUT2D eigenvalue weighted by molar-refractivity contribution is 5.75. The molecule has 0 aromatic heterocycles. The molecule has 4 unspecified atom stereocenters. The average molecular weight is 343 g/mol. The van der Waals surface area contributed by atoms with Gasteiger partial charge in [0.25, 0.3) is 0 Å². The number of ether oxygens (including phenoxy) is 1. The third kappa shape index (κ3) is 5.09. The van der Waals surface area contributed by atoms with E-state index in [1.165, 1.54) is 56.9 Å². The molecule has 0 saturated heterocycles. The second kappa shape index (κ2) is 8.87. The summed E-state index contributed by atoms with van der Waals surface area (Å²) < 4.78 is 5.64. The lowest BCUT2D eigenvalue weighted by atomic mass is 9.64. The van der Waals surface area contributed by atoms with E-state index in [9.17, 15) is 4.79 Å². The quantitative estimate of drug-likeness (QED) is 0.344. The summed E-state index contributed by atoms with van der Waals surface area (Å²) in [5.41, 5.74) is 1.19. The molecule has 4 atom stereocenters. The van der Waals surface area contributed by atoms with Crippen LogP contribution in [0, 0.1) is 30.6 Å². The molecule has 0 radical (unpaired) electrons. The van der Waals surface area contributed by atoms with Crippen LogP contribution in [0.25, 0.3) is 0 Å². The summed E-state index contributed by atoms with van der Waals surface area (Å²) in [6.07, 6.45) is 13.0. The molecule has 0 amide bonds. The SMILES string of the molecule is CCCCCC1CCC2CC(C(=O)Oc3ccc(C)cc3)CCC2C1. The molecule has 0 spiro atoms. The summed E-state index contributed by atoms with van der Waals surface area (Å²) in [7, 11) is 0. The highest BCUT2D eigenvalue weighted by atomic mass is 16.5. The molecule has 0 bridgehead atoms. The van der Waals surface area contributed by atoms with Crippen LogP contribution in [0.2, 0.25) is 0 Å². The van der Waals surface area contributed by atoms with Gasteiger partial charge in [0.2, 0.25) is 0 Å². The maximum Gasteiger partial charge on any atom is 0.314 e. The molecule has 1 aromatic carbocycles. The highest BCUT2D eigenvalue weighted by Crippen LogP contribution is 2.46. The maximum absolute atomic E-state index is 12.5. The lowest BCUT2D eigenvalue weighted by Crippen LogP contribution is -2.35. The zero-order chi connectivity index (χ0) is 17.6. The Hall–Kier alpha value is -1.31. The van der Waals surface area contributed by atoms with E-state index in [1.54, 1.807) is 0 Å². The third-order valence-corrected chi connectivity index (χ3v) is 6.51. The number of hydrogen-bond donors (Lipinski definition) is 0. The van der Waals surface area contributed by atoms with Crippen molar-refractivity contribution in [1.29, 1.82) is 0 Å². The normalized spacial score (nSPS) is 29.0. The van der Waals surface area contributed by atoms with Crippen molar-refractivity contribution < 1.29 is 9.53 Å². The summed E-state index contributed by atoms with van der Waals surface area (Å²) >= 11 is 0. The summed E-state index contributed by atoms with van der Waals surface area (Å²) in [5.74, 6) is 3.36. The van der Waals surface area contributed by atoms with Crippen molar-refractivity contribution in [2.24, 2.45) is 23.7 Å². The van der Waals surface area contributed by atoms with Gasteiger partial charge in [-0.2, -0.15) is 0 Å². The molecule has 2 aliphatic carbocycles. The number of carbonyl (C=O) groups is 1. The first-order valence-electron chi connectivity index (χ1n) is 10.4. The molecule has 2 heteroatoms. The monoisotopic (exact) mass is 342 g/mol. The van der Waals surface area contributed by atoms with Gasteiger partial charge in [0.05, 0.1) is 5.92 Å². The zero-order valence-corrected chi connectivity index (χ0v) is 16.0. The number of carbonyl (C=O) groups excluding carboxylic acids is 1. The molecule has 25 heavy (non-hydrogen) atoms. The molecule has 1 aromatic rings. The van der Waals surface area contributed by atoms with Crippen LogP contribution in [0.3, 0.4) is 0 Å². The van der Waals surface area contributed by atoms with Crippen molar-refractivity contribution in [3.8, 4) is 5.75 Å². The molecule has 3 rings (SSSR count). The first-order valence-corrected chi connectivity index (χ1v) is 10.4. The minimum absolute atomic E-state index is 0.00706. The van der Waals surface area contributed by atoms with Crippen LogP contribution in [0.4, 0.5) is 0 Å². The van der Waals surface area contributed by atoms with Crippen LogP contribution in [-0.4, -0.2) is 5.97 Å². The topological polar surface area (TPSA) is 26.3 Å². The summed E-state index contributed by atoms with van der Waals surface area (Å²) in [6.45, 7) is 4.33. The van der Waals surface area contributed by atoms with E-state index in [0.29, 0.717) is 5.75 Å². The smallest absolute Gasteiger partial charge is 0.314 e. The number of benzene rings is 1. The van der Waals surface area contributed by atoms with Crippen molar-refractivity contribution in [3.05, 3.63) is 29.8 Å². The van der Waals surface area contributed by atoms with Gasteiger partial charge in [-0.1, -0.05) is 56.7 Å². The first-order chi connectivity index (χ1) is 12.2. The van der Waals surface area contributed by atoms with E-state index < -0.39 is 0 Å². The van der Waals surface area contributed by atoms with E-state index in [1.807, 2.05) is 31.2 Å². The van der Waals surface area contributed by atoms with Gasteiger partial charge in [-0.3, -0.25) is 4.79 Å². The van der Waals surface area contributed by atoms with Crippen molar-refractivity contribution >= 4 is 5.97 Å². The summed E-state index contributed by atoms with van der Waals surface area (Å²) in [6, 6.07) is 7.80. The number of unbranched alkanes of at least 4 members (excludes halogenated alkanes) is 2. The Kier molecular flexibility index (Phi) is 6.56. The Bertz CT molecular complexity index is 548. The lowest BCUT2D eigenvalue weighted by molar-refractivity contribution is -0.141. The van der Waals surface area contributed by atoms with Gasteiger partial charge in [0.15, 0.2) is 0 Å². The molecule has 0 N–H and O–H groups in total. The second-order valence-corrected chi connectivity index (χ2v) is 8.44. The van der Waals surface area contributed by atoms with E-state index in [0.717, 1.165) is 30.6 Å². The fourth-order valence-electron chi connectivity index (χ4n) is 4.95. The Morgan fingerprint density at radius 1 is 1.00 bits per heavy atom. The molecular weight excluding hydrogens is 308 g/mol. The van der Waals surface area contributed by atoms with Crippen molar-refractivity contribution in [2.75, 3.05) is 0 Å². The molecule has 2 nitrogen and oxygen atoms in total. The van der Waals surface area contributed by atoms with Crippen LogP contribution in [0.5, 0.6) is 5.75 Å². The molecule has 0 aliphatic heterocycles. The minimum atomic E-state index is -0.00706. The van der Waals surface area contributed by atoms with Gasteiger partial charge >= 0.3 is 5.97 Å². The minimum Gasteiger partial charge on any atom is -0.426 e. The van der Waals surface area contributed by atoms with Crippen LogP contribution in [-0.2, 0) is 4.79 Å². The molecule has 2 fully saturated rings. The molecule has 138 valence electrons.